The van der Waals surface area contributed by atoms with Gasteiger partial charge in [0.15, 0.2) is 0 Å². The molecule has 1 N–H and O–H groups in total. The summed E-state index contributed by atoms with van der Waals surface area (Å²) in [5, 5.41) is 8.97. The average molecular weight is 272 g/mol. The van der Waals surface area contributed by atoms with Crippen molar-refractivity contribution in [2.75, 3.05) is 0 Å². The molecular weight excluding hydrogens is 265 g/mol. The van der Waals surface area contributed by atoms with Gasteiger partial charge in [-0.3, -0.25) is 9.36 Å². The van der Waals surface area contributed by atoms with Gasteiger partial charge in [-0.15, -0.1) is 0 Å². The molecule has 0 aromatic carbocycles. The van der Waals surface area contributed by atoms with Gasteiger partial charge in [-0.05, 0) is 18.2 Å². The van der Waals surface area contributed by atoms with E-state index in [-0.39, 0.29) is 11.0 Å². The minimum absolute atomic E-state index is 0.146. The number of rotatable bonds is 1. The molecule has 2 rings (SSSR count). The molecule has 0 atom stereocenters. The quantitative estimate of drug-likeness (QED) is 0.856. The molecule has 0 aliphatic heterocycles. The highest BCUT2D eigenvalue weighted by molar-refractivity contribution is 5.91. The Hall–Kier alpha value is -2.38. The van der Waals surface area contributed by atoms with Crippen LogP contribution < -0.4 is 5.56 Å². The van der Waals surface area contributed by atoms with Gasteiger partial charge < -0.3 is 5.11 Å². The maximum Gasteiger partial charge on any atom is 0.433 e. The van der Waals surface area contributed by atoms with Crippen LogP contribution in [0.15, 0.2) is 23.0 Å². The smallest absolute Gasteiger partial charge is 0.433 e. The first kappa shape index (κ1) is 13.1. The Kier molecular flexibility index (Phi) is 2.80. The second-order valence-electron chi connectivity index (χ2n) is 3.83. The van der Waals surface area contributed by atoms with E-state index in [0.717, 1.165) is 22.8 Å². The fourth-order valence-electron chi connectivity index (χ4n) is 1.65. The second-order valence-corrected chi connectivity index (χ2v) is 3.83. The number of aryl methyl sites for hydroxylation is 1. The van der Waals surface area contributed by atoms with Crippen LogP contribution in [0.4, 0.5) is 13.2 Å². The molecule has 0 bridgehead atoms. The van der Waals surface area contributed by atoms with Crippen molar-refractivity contribution in [3.63, 3.8) is 0 Å². The zero-order valence-corrected chi connectivity index (χ0v) is 9.52. The average Bonchev–Trinajstić information content (AvgIpc) is 2.31. The summed E-state index contributed by atoms with van der Waals surface area (Å²) in [5.41, 5.74) is -2.79. The fourth-order valence-corrected chi connectivity index (χ4v) is 1.65. The fraction of sp³-hybridized carbons (Fsp3) is 0.182. The summed E-state index contributed by atoms with van der Waals surface area (Å²) in [6.07, 6.45) is -4.63. The lowest BCUT2D eigenvalue weighted by atomic mass is 10.2. The minimum Gasteiger partial charge on any atom is -0.477 e. The van der Waals surface area contributed by atoms with Crippen LogP contribution >= 0.6 is 0 Å². The van der Waals surface area contributed by atoms with Crippen molar-refractivity contribution >= 4 is 17.0 Å². The number of hydrogen-bond donors (Lipinski definition) is 1. The molecule has 0 spiro atoms. The van der Waals surface area contributed by atoms with E-state index in [2.05, 4.69) is 4.98 Å². The molecule has 19 heavy (non-hydrogen) atoms. The molecule has 8 heteroatoms. The second kappa shape index (κ2) is 4.08. The Morgan fingerprint density at radius 2 is 2.00 bits per heavy atom. The Morgan fingerprint density at radius 1 is 1.37 bits per heavy atom. The Balaban J connectivity index is 2.83. The van der Waals surface area contributed by atoms with Crippen molar-refractivity contribution in [3.8, 4) is 0 Å². The van der Waals surface area contributed by atoms with Gasteiger partial charge in [0.1, 0.15) is 16.9 Å². The van der Waals surface area contributed by atoms with Crippen LogP contribution in [-0.4, -0.2) is 20.6 Å². The molecule has 2 aromatic heterocycles. The molecule has 5 nitrogen and oxygen atoms in total. The van der Waals surface area contributed by atoms with Crippen LogP contribution in [0.3, 0.4) is 0 Å². The molecule has 2 aromatic rings. The number of aromatic carboxylic acids is 1. The van der Waals surface area contributed by atoms with E-state index in [4.69, 9.17) is 5.11 Å². The number of carboxylic acid groups (broad SMARTS) is 1. The van der Waals surface area contributed by atoms with E-state index in [1.54, 1.807) is 0 Å². The number of pyridine rings is 2. The van der Waals surface area contributed by atoms with Crippen LogP contribution in [0.2, 0.25) is 0 Å². The molecule has 0 saturated heterocycles. The molecule has 100 valence electrons. The van der Waals surface area contributed by atoms with Gasteiger partial charge in [0.05, 0.1) is 0 Å². The van der Waals surface area contributed by atoms with E-state index in [1.165, 1.54) is 7.05 Å². The minimum atomic E-state index is -4.63. The van der Waals surface area contributed by atoms with Gasteiger partial charge >= 0.3 is 12.1 Å². The monoisotopic (exact) mass is 272 g/mol. The first-order valence-corrected chi connectivity index (χ1v) is 5.03. The van der Waals surface area contributed by atoms with E-state index in [0.29, 0.717) is 0 Å². The largest absolute Gasteiger partial charge is 0.477 e. The van der Waals surface area contributed by atoms with Gasteiger partial charge in [-0.2, -0.15) is 13.2 Å². The van der Waals surface area contributed by atoms with Crippen molar-refractivity contribution < 1.29 is 23.1 Å². The maximum atomic E-state index is 12.5. The summed E-state index contributed by atoms with van der Waals surface area (Å²) < 4.78 is 38.3. The summed E-state index contributed by atoms with van der Waals surface area (Å²) in [6.45, 7) is 0. The molecule has 0 amide bonds. The number of carboxylic acids is 1. The lowest BCUT2D eigenvalue weighted by molar-refractivity contribution is -0.141. The van der Waals surface area contributed by atoms with Crippen LogP contribution in [0.1, 0.15) is 16.1 Å². The molecule has 0 aliphatic carbocycles. The third-order valence-corrected chi connectivity index (χ3v) is 2.58. The summed E-state index contributed by atoms with van der Waals surface area (Å²) in [7, 11) is 1.17. The van der Waals surface area contributed by atoms with Gasteiger partial charge in [-0.25, -0.2) is 9.78 Å². The third-order valence-electron chi connectivity index (χ3n) is 2.58. The SMILES string of the molecule is Cn1c(=O)c(C(=O)O)cc2ccc(C(F)(F)F)nc21. The Bertz CT molecular complexity index is 734. The van der Waals surface area contributed by atoms with Crippen molar-refractivity contribution in [2.24, 2.45) is 7.05 Å². The molecule has 0 aliphatic rings. The maximum absolute atomic E-state index is 12.5. The van der Waals surface area contributed by atoms with Gasteiger partial charge in [0.25, 0.3) is 5.56 Å². The topological polar surface area (TPSA) is 72.2 Å². The van der Waals surface area contributed by atoms with Crippen LogP contribution in [0.5, 0.6) is 0 Å². The van der Waals surface area contributed by atoms with Crippen molar-refractivity contribution in [1.29, 1.82) is 0 Å². The first-order chi connectivity index (χ1) is 8.71. The highest BCUT2D eigenvalue weighted by Crippen LogP contribution is 2.28. The molecule has 0 fully saturated rings. The summed E-state index contributed by atoms with van der Waals surface area (Å²) in [5.74, 6) is -1.44. The van der Waals surface area contributed by atoms with Gasteiger partial charge in [0.2, 0.25) is 0 Å². The number of alkyl halides is 3. The summed E-state index contributed by atoms with van der Waals surface area (Å²) in [6, 6.07) is 2.82. The normalized spacial score (nSPS) is 11.8. The van der Waals surface area contributed by atoms with Crippen molar-refractivity contribution in [3.05, 3.63) is 39.8 Å². The Morgan fingerprint density at radius 3 is 2.53 bits per heavy atom. The van der Waals surface area contributed by atoms with E-state index in [9.17, 15) is 22.8 Å². The van der Waals surface area contributed by atoms with E-state index >= 15 is 0 Å². The standard InChI is InChI=1S/C11H7F3N2O3/c1-16-8-5(4-6(9(16)17)10(18)19)2-3-7(15-8)11(12,13)14/h2-4H,1H3,(H,18,19). The zero-order chi connectivity index (χ0) is 14.4. The lowest BCUT2D eigenvalue weighted by Crippen LogP contribution is -2.25. The van der Waals surface area contributed by atoms with Crippen LogP contribution in [0.25, 0.3) is 11.0 Å². The first-order valence-electron chi connectivity index (χ1n) is 5.03. The highest BCUT2D eigenvalue weighted by atomic mass is 19.4. The van der Waals surface area contributed by atoms with Crippen molar-refractivity contribution in [1.82, 2.24) is 9.55 Å². The number of nitrogens with zero attached hydrogens (tertiary/aromatic N) is 2. The van der Waals surface area contributed by atoms with Gasteiger partial charge in [0, 0.05) is 12.4 Å². The third kappa shape index (κ3) is 2.16. The number of aromatic nitrogens is 2. The predicted molar refractivity (Wildman–Crippen MR) is 58.9 cm³/mol. The molecule has 0 saturated carbocycles. The lowest BCUT2D eigenvalue weighted by Gasteiger charge is -2.09. The predicted octanol–water partition coefficient (Wildman–Crippen LogP) is 1.65. The summed E-state index contributed by atoms with van der Waals surface area (Å²) in [4.78, 5) is 25.8. The zero-order valence-electron chi connectivity index (χ0n) is 9.52. The van der Waals surface area contributed by atoms with Crippen LogP contribution in [-0.2, 0) is 13.2 Å². The Labute approximate surface area is 103 Å². The van der Waals surface area contributed by atoms with Crippen molar-refractivity contribution in [2.45, 2.75) is 6.18 Å². The molecule has 0 radical (unpaired) electrons. The van der Waals surface area contributed by atoms with E-state index < -0.39 is 29.0 Å². The highest BCUT2D eigenvalue weighted by Gasteiger charge is 2.32. The molecule has 2 heterocycles. The number of halogens is 3. The van der Waals surface area contributed by atoms with E-state index in [1.807, 2.05) is 0 Å². The number of carbonyl (C=O) groups is 1. The van der Waals surface area contributed by atoms with Crippen LogP contribution in [0, 0.1) is 0 Å². The molecule has 0 unspecified atom stereocenters. The molecular formula is C11H7F3N2O3. The van der Waals surface area contributed by atoms with Gasteiger partial charge in [-0.1, -0.05) is 0 Å². The number of hydrogen-bond acceptors (Lipinski definition) is 3. The number of fused-ring (bicyclic) bond motifs is 1. The summed E-state index contributed by atoms with van der Waals surface area (Å²) >= 11 is 0.